The van der Waals surface area contributed by atoms with E-state index in [0.717, 1.165) is 66.9 Å². The minimum absolute atomic E-state index is 0.246. The molecule has 4 aromatic rings. The summed E-state index contributed by atoms with van der Waals surface area (Å²) in [6, 6.07) is 14.9. The lowest BCUT2D eigenvalue weighted by atomic mass is 9.74. The molecule has 1 aromatic carbocycles. The van der Waals surface area contributed by atoms with Gasteiger partial charge in [-0.05, 0) is 131 Å². The highest BCUT2D eigenvalue weighted by molar-refractivity contribution is 6.02. The Balaban J connectivity index is 1.80. The molecular formula is C39H42N4O2. The smallest absolute Gasteiger partial charge is 0.342 e. The number of hydrogen-bond acceptors (Lipinski definition) is 4. The van der Waals surface area contributed by atoms with Gasteiger partial charge in [0.2, 0.25) is 0 Å². The highest BCUT2D eigenvalue weighted by Crippen LogP contribution is 2.46. The molecule has 45 heavy (non-hydrogen) atoms. The standard InChI is InChI=1S/C39H42N4O2/c1-11-45-38(44)35-36-26(8)25(7)33(42-36)17-31-22(4)21(3)29(40-31)16-30-23(5)24(6)32(41-30)18-34-27(9)39(10,37(35)43-34)19-28-14-12-20(2)13-15-28/h12-18,40-41H,9,11,19H2,1-8,10H3. The number of fused-ring (bicyclic) bond motifs is 8. The van der Waals surface area contributed by atoms with Gasteiger partial charge in [-0.15, -0.1) is 0 Å². The number of ether oxygens (including phenoxy) is 1. The van der Waals surface area contributed by atoms with Gasteiger partial charge in [0.25, 0.3) is 0 Å². The van der Waals surface area contributed by atoms with Gasteiger partial charge in [0.05, 0.1) is 29.4 Å². The number of hydrogen-bond donors (Lipinski definition) is 2. The van der Waals surface area contributed by atoms with Crippen molar-refractivity contribution < 1.29 is 9.53 Å². The fourth-order valence-corrected chi connectivity index (χ4v) is 6.51. The van der Waals surface area contributed by atoms with Crippen LogP contribution in [0.4, 0.5) is 0 Å². The first-order valence-electron chi connectivity index (χ1n) is 15.7. The van der Waals surface area contributed by atoms with Crippen LogP contribution in [0.1, 0.15) is 94.2 Å². The third-order valence-electron chi connectivity index (χ3n) is 10.0. The number of H-pyrrole nitrogens is 2. The summed E-state index contributed by atoms with van der Waals surface area (Å²) in [5.41, 5.74) is 16.4. The number of aromatic amines is 2. The zero-order valence-corrected chi connectivity index (χ0v) is 27.9. The average molecular weight is 599 g/mol. The van der Waals surface area contributed by atoms with Gasteiger partial charge in [0.15, 0.2) is 0 Å². The van der Waals surface area contributed by atoms with Crippen LogP contribution < -0.4 is 0 Å². The van der Waals surface area contributed by atoms with Crippen LogP contribution in [0.5, 0.6) is 0 Å². The SMILES string of the molecule is C=C1c2cc3[nH]c(cc4[nH]c(cc5nc(c(C(=O)OCC)c(n2)C1(C)Cc1ccc(C)cc1)C(C)=C5C)c(C)c4C)c(C)c3C. The van der Waals surface area contributed by atoms with Crippen LogP contribution >= 0.6 is 0 Å². The Morgan fingerprint density at radius 2 is 1.31 bits per heavy atom. The maximum Gasteiger partial charge on any atom is 0.342 e. The first-order valence-corrected chi connectivity index (χ1v) is 15.7. The Morgan fingerprint density at radius 3 is 1.87 bits per heavy atom. The predicted molar refractivity (Wildman–Crippen MR) is 185 cm³/mol. The Morgan fingerprint density at radius 1 is 0.778 bits per heavy atom. The molecule has 0 aliphatic carbocycles. The molecule has 0 spiro atoms. The molecule has 0 saturated carbocycles. The van der Waals surface area contributed by atoms with Crippen molar-refractivity contribution in [1.29, 1.82) is 0 Å². The summed E-state index contributed by atoms with van der Waals surface area (Å²) < 4.78 is 5.74. The Hall–Kier alpha value is -4.71. The van der Waals surface area contributed by atoms with Crippen molar-refractivity contribution in [2.75, 3.05) is 6.61 Å². The molecule has 3 aromatic heterocycles. The fraction of sp³-hybridized carbons (Fsp3) is 0.308. The first-order chi connectivity index (χ1) is 21.3. The number of aryl methyl sites for hydroxylation is 5. The highest BCUT2D eigenvalue weighted by Gasteiger charge is 2.42. The summed E-state index contributed by atoms with van der Waals surface area (Å²) in [4.78, 5) is 31.7. The molecule has 6 rings (SSSR count). The topological polar surface area (TPSA) is 83.7 Å². The monoisotopic (exact) mass is 598 g/mol. The van der Waals surface area contributed by atoms with Crippen molar-refractivity contribution >= 4 is 44.8 Å². The second-order valence-corrected chi connectivity index (χ2v) is 12.8. The van der Waals surface area contributed by atoms with Crippen LogP contribution in [-0.4, -0.2) is 32.5 Å². The van der Waals surface area contributed by atoms with Gasteiger partial charge in [-0.1, -0.05) is 36.4 Å². The van der Waals surface area contributed by atoms with Crippen LogP contribution in [-0.2, 0) is 16.6 Å². The van der Waals surface area contributed by atoms with Crippen molar-refractivity contribution in [2.24, 2.45) is 0 Å². The van der Waals surface area contributed by atoms with Crippen molar-refractivity contribution in [3.05, 3.63) is 111 Å². The van der Waals surface area contributed by atoms with Gasteiger partial charge in [0.1, 0.15) is 5.56 Å². The quantitative estimate of drug-likeness (QED) is 0.229. The molecule has 2 N–H and O–H groups in total. The van der Waals surface area contributed by atoms with E-state index >= 15 is 0 Å². The van der Waals surface area contributed by atoms with Gasteiger partial charge in [0, 0.05) is 27.5 Å². The van der Waals surface area contributed by atoms with Crippen LogP contribution in [0.25, 0.3) is 38.8 Å². The minimum Gasteiger partial charge on any atom is -0.462 e. The lowest BCUT2D eigenvalue weighted by Gasteiger charge is -2.27. The zero-order valence-electron chi connectivity index (χ0n) is 27.9. The van der Waals surface area contributed by atoms with E-state index in [0.29, 0.717) is 23.4 Å². The lowest BCUT2D eigenvalue weighted by Crippen LogP contribution is -2.27. The number of esters is 1. The second-order valence-electron chi connectivity index (χ2n) is 12.8. The number of aromatic nitrogens is 4. The number of rotatable bonds is 4. The fourth-order valence-electron chi connectivity index (χ4n) is 6.51. The Bertz CT molecular complexity index is 2110. The van der Waals surface area contributed by atoms with E-state index in [2.05, 4.69) is 107 Å². The Labute approximate surface area is 265 Å². The molecule has 0 fully saturated rings. The van der Waals surface area contributed by atoms with E-state index < -0.39 is 11.4 Å². The zero-order chi connectivity index (χ0) is 32.4. The van der Waals surface area contributed by atoms with Gasteiger partial charge in [-0.3, -0.25) is 4.98 Å². The van der Waals surface area contributed by atoms with Crippen LogP contribution in [0.2, 0.25) is 0 Å². The third-order valence-corrected chi connectivity index (χ3v) is 10.0. The predicted octanol–water partition coefficient (Wildman–Crippen LogP) is 9.20. The van der Waals surface area contributed by atoms with Crippen molar-refractivity contribution in [3.8, 4) is 0 Å². The molecule has 2 aliphatic rings. The van der Waals surface area contributed by atoms with Crippen LogP contribution in [0, 0.1) is 34.6 Å². The van der Waals surface area contributed by atoms with E-state index in [1.165, 1.54) is 16.7 Å². The van der Waals surface area contributed by atoms with E-state index in [1.807, 2.05) is 13.8 Å². The number of carbonyl (C=O) groups is 1. The van der Waals surface area contributed by atoms with Crippen molar-refractivity contribution in [3.63, 3.8) is 0 Å². The summed E-state index contributed by atoms with van der Waals surface area (Å²) in [7, 11) is 0. The summed E-state index contributed by atoms with van der Waals surface area (Å²) in [6.45, 7) is 23.5. The summed E-state index contributed by atoms with van der Waals surface area (Å²) in [5.74, 6) is -0.424. The summed E-state index contributed by atoms with van der Waals surface area (Å²) in [5, 5.41) is 0. The third kappa shape index (κ3) is 4.93. The maximum absolute atomic E-state index is 14.0. The number of nitrogens with one attached hydrogen (secondary N) is 2. The van der Waals surface area contributed by atoms with Crippen molar-refractivity contribution in [2.45, 2.75) is 74.1 Å². The number of carbonyl (C=O) groups excluding carboxylic acids is 1. The molecule has 6 heteroatoms. The van der Waals surface area contributed by atoms with Gasteiger partial charge in [-0.25, -0.2) is 9.78 Å². The maximum atomic E-state index is 14.0. The molecular weight excluding hydrogens is 556 g/mol. The average Bonchev–Trinajstić information content (AvgIpc) is 3.61. The first kappa shape index (κ1) is 30.3. The van der Waals surface area contributed by atoms with Gasteiger partial charge < -0.3 is 14.7 Å². The molecule has 5 heterocycles. The number of nitrogens with zero attached hydrogens (tertiary/aromatic N) is 2. The Kier molecular flexibility index (Phi) is 7.43. The normalized spacial score (nSPS) is 16.4. The molecule has 8 bridgehead atoms. The molecule has 0 amide bonds. The van der Waals surface area contributed by atoms with E-state index in [-0.39, 0.29) is 6.61 Å². The molecule has 1 atom stereocenters. The number of benzene rings is 1. The molecule has 0 saturated heterocycles. The summed E-state index contributed by atoms with van der Waals surface area (Å²) >= 11 is 0. The van der Waals surface area contributed by atoms with E-state index in [9.17, 15) is 4.79 Å². The van der Waals surface area contributed by atoms with E-state index in [1.54, 1.807) is 0 Å². The number of allylic oxidation sites excluding steroid dienone is 3. The van der Waals surface area contributed by atoms with E-state index in [4.69, 9.17) is 14.7 Å². The summed E-state index contributed by atoms with van der Waals surface area (Å²) in [6.07, 6.45) is 0.619. The molecule has 2 aliphatic heterocycles. The van der Waals surface area contributed by atoms with Crippen LogP contribution in [0.3, 0.4) is 0 Å². The lowest BCUT2D eigenvalue weighted by molar-refractivity contribution is 0.0522. The minimum atomic E-state index is -0.688. The van der Waals surface area contributed by atoms with Gasteiger partial charge in [-0.2, -0.15) is 0 Å². The van der Waals surface area contributed by atoms with Gasteiger partial charge >= 0.3 is 5.97 Å². The molecule has 6 nitrogen and oxygen atoms in total. The highest BCUT2D eigenvalue weighted by atomic mass is 16.5. The molecule has 230 valence electrons. The van der Waals surface area contributed by atoms with Crippen molar-refractivity contribution in [1.82, 2.24) is 19.9 Å². The largest absolute Gasteiger partial charge is 0.462 e. The molecule has 0 radical (unpaired) electrons. The second kappa shape index (κ2) is 11.0. The van der Waals surface area contributed by atoms with Crippen LogP contribution in [0.15, 0.2) is 49.0 Å². The molecule has 1 unspecified atom stereocenters.